The van der Waals surface area contributed by atoms with E-state index in [1.165, 1.54) is 0 Å². The van der Waals surface area contributed by atoms with Crippen molar-refractivity contribution in [1.29, 1.82) is 0 Å². The molecule has 0 bridgehead atoms. The third kappa shape index (κ3) is 1.40. The summed E-state index contributed by atoms with van der Waals surface area (Å²) in [5.74, 6) is -0.949. The van der Waals surface area contributed by atoms with Crippen molar-refractivity contribution in [1.82, 2.24) is 15.1 Å². The molecule has 2 rings (SSSR count). The number of fused-ring (bicyclic) bond motifs is 1. The summed E-state index contributed by atoms with van der Waals surface area (Å²) in [5.41, 5.74) is 1.98. The van der Waals surface area contributed by atoms with Gasteiger partial charge in [0.25, 0.3) is 0 Å². The number of carboxylic acids is 1. The van der Waals surface area contributed by atoms with E-state index in [2.05, 4.69) is 10.4 Å². The van der Waals surface area contributed by atoms with Crippen LogP contribution in [0.5, 0.6) is 0 Å². The third-order valence-electron chi connectivity index (χ3n) is 2.07. The van der Waals surface area contributed by atoms with Crippen LogP contribution in [-0.2, 0) is 20.1 Å². The Kier molecular flexibility index (Phi) is 2.58. The molecular formula is C7H10ClN3O2. The second-order valence-corrected chi connectivity index (χ2v) is 2.81. The first-order chi connectivity index (χ1) is 5.70. The number of carbonyl (C=O) groups is 1. The Balaban J connectivity index is 0.000000845. The zero-order valence-corrected chi connectivity index (χ0v) is 7.89. The molecule has 1 aliphatic heterocycles. The molecule has 1 aromatic rings. The fourth-order valence-electron chi connectivity index (χ4n) is 1.49. The van der Waals surface area contributed by atoms with E-state index in [1.807, 2.05) is 0 Å². The normalized spacial score (nSPS) is 13.6. The van der Waals surface area contributed by atoms with E-state index in [0.29, 0.717) is 13.1 Å². The van der Waals surface area contributed by atoms with Crippen LogP contribution in [-0.4, -0.2) is 20.9 Å². The van der Waals surface area contributed by atoms with Crippen LogP contribution in [0.3, 0.4) is 0 Å². The summed E-state index contributed by atoms with van der Waals surface area (Å²) in [6, 6.07) is 0. The first kappa shape index (κ1) is 10.0. The fraction of sp³-hybridized carbons (Fsp3) is 0.429. The van der Waals surface area contributed by atoms with Gasteiger partial charge in [0, 0.05) is 25.7 Å². The van der Waals surface area contributed by atoms with E-state index in [0.717, 1.165) is 11.3 Å². The lowest BCUT2D eigenvalue weighted by atomic mass is 10.2. The molecule has 0 atom stereocenters. The van der Waals surface area contributed by atoms with Gasteiger partial charge < -0.3 is 10.4 Å². The number of hydrogen-bond acceptors (Lipinski definition) is 3. The summed E-state index contributed by atoms with van der Waals surface area (Å²) in [6.45, 7) is 1.33. The molecule has 0 unspecified atom stereocenters. The fourth-order valence-corrected chi connectivity index (χ4v) is 1.49. The van der Waals surface area contributed by atoms with Gasteiger partial charge >= 0.3 is 5.97 Å². The molecule has 2 N–H and O–H groups in total. The van der Waals surface area contributed by atoms with Crippen LogP contribution in [0.2, 0.25) is 0 Å². The molecule has 72 valence electrons. The van der Waals surface area contributed by atoms with Gasteiger partial charge in [0.05, 0.1) is 5.69 Å². The number of halogens is 1. The van der Waals surface area contributed by atoms with Gasteiger partial charge in [0.15, 0.2) is 5.69 Å². The smallest absolute Gasteiger partial charge is 0.356 e. The molecule has 6 heteroatoms. The number of rotatable bonds is 1. The van der Waals surface area contributed by atoms with Crippen LogP contribution in [0.1, 0.15) is 21.7 Å². The maximum absolute atomic E-state index is 10.7. The van der Waals surface area contributed by atoms with E-state index in [9.17, 15) is 4.79 Å². The Morgan fingerprint density at radius 2 is 2.31 bits per heavy atom. The molecule has 1 aromatic heterocycles. The van der Waals surface area contributed by atoms with Crippen LogP contribution < -0.4 is 5.32 Å². The van der Waals surface area contributed by atoms with Crippen molar-refractivity contribution >= 4 is 18.4 Å². The Labute approximate surface area is 81.2 Å². The predicted molar refractivity (Wildman–Crippen MR) is 48.0 cm³/mol. The Morgan fingerprint density at radius 3 is 2.92 bits per heavy atom. The summed E-state index contributed by atoms with van der Waals surface area (Å²) < 4.78 is 1.62. The van der Waals surface area contributed by atoms with Gasteiger partial charge in [-0.25, -0.2) is 4.79 Å². The molecule has 0 amide bonds. The lowest BCUT2D eigenvalue weighted by molar-refractivity contribution is 0.0688. The minimum Gasteiger partial charge on any atom is -0.476 e. The van der Waals surface area contributed by atoms with Gasteiger partial charge in [-0.05, 0) is 0 Å². The number of nitrogens with one attached hydrogen (secondary N) is 1. The van der Waals surface area contributed by atoms with Crippen LogP contribution in [0.15, 0.2) is 0 Å². The summed E-state index contributed by atoms with van der Waals surface area (Å²) >= 11 is 0. The summed E-state index contributed by atoms with van der Waals surface area (Å²) in [7, 11) is 1.76. The van der Waals surface area contributed by atoms with Crippen molar-refractivity contribution < 1.29 is 9.90 Å². The van der Waals surface area contributed by atoms with Crippen molar-refractivity contribution in [3.63, 3.8) is 0 Å². The predicted octanol–water partition coefficient (Wildman–Crippen LogP) is 0.143. The van der Waals surface area contributed by atoms with Crippen LogP contribution in [0, 0.1) is 0 Å². The molecule has 0 spiro atoms. The zero-order chi connectivity index (χ0) is 8.72. The SMILES string of the molecule is Cl.Cn1nc(C(=O)O)c2c1CNC2. The molecule has 5 nitrogen and oxygen atoms in total. The average molecular weight is 204 g/mol. The Morgan fingerprint density at radius 1 is 1.62 bits per heavy atom. The molecule has 1 aliphatic rings. The molecule has 2 heterocycles. The van der Waals surface area contributed by atoms with E-state index >= 15 is 0 Å². The summed E-state index contributed by atoms with van der Waals surface area (Å²) in [6.07, 6.45) is 0. The van der Waals surface area contributed by atoms with Crippen molar-refractivity contribution in [2.45, 2.75) is 13.1 Å². The second kappa shape index (κ2) is 3.35. The van der Waals surface area contributed by atoms with E-state index in [-0.39, 0.29) is 18.1 Å². The molecule has 0 fully saturated rings. The topological polar surface area (TPSA) is 67.2 Å². The van der Waals surface area contributed by atoms with Gasteiger partial charge in [0.2, 0.25) is 0 Å². The van der Waals surface area contributed by atoms with Crippen LogP contribution in [0.25, 0.3) is 0 Å². The van der Waals surface area contributed by atoms with Crippen LogP contribution in [0.4, 0.5) is 0 Å². The largest absolute Gasteiger partial charge is 0.476 e. The lowest BCUT2D eigenvalue weighted by Gasteiger charge is -1.93. The van der Waals surface area contributed by atoms with Gasteiger partial charge in [-0.15, -0.1) is 12.4 Å². The highest BCUT2D eigenvalue weighted by Crippen LogP contribution is 2.18. The molecule has 0 saturated carbocycles. The van der Waals surface area contributed by atoms with E-state index < -0.39 is 5.97 Å². The van der Waals surface area contributed by atoms with E-state index in [1.54, 1.807) is 11.7 Å². The highest BCUT2D eigenvalue weighted by Gasteiger charge is 2.24. The first-order valence-corrected chi connectivity index (χ1v) is 3.69. The molecular weight excluding hydrogens is 194 g/mol. The molecule has 0 aromatic carbocycles. The maximum Gasteiger partial charge on any atom is 0.356 e. The Bertz CT molecular complexity index is 348. The molecule has 0 radical (unpaired) electrons. The number of aromatic carboxylic acids is 1. The number of nitrogens with zero attached hydrogens (tertiary/aromatic N) is 2. The second-order valence-electron chi connectivity index (χ2n) is 2.81. The average Bonchev–Trinajstić information content (AvgIpc) is 2.53. The minimum atomic E-state index is -0.949. The molecule has 0 saturated heterocycles. The number of aryl methyl sites for hydroxylation is 1. The van der Waals surface area contributed by atoms with Crippen LogP contribution >= 0.6 is 12.4 Å². The number of aromatic nitrogens is 2. The highest BCUT2D eigenvalue weighted by atomic mass is 35.5. The van der Waals surface area contributed by atoms with Crippen molar-refractivity contribution in [2.75, 3.05) is 0 Å². The van der Waals surface area contributed by atoms with Gasteiger partial charge in [-0.3, -0.25) is 4.68 Å². The first-order valence-electron chi connectivity index (χ1n) is 3.69. The summed E-state index contributed by atoms with van der Waals surface area (Å²) in [5, 5.41) is 15.7. The standard InChI is InChI=1S/C7H9N3O2.ClH/c1-10-5-3-8-2-4(5)6(9-10)7(11)12;/h8H,2-3H2,1H3,(H,11,12);1H. The molecule has 0 aliphatic carbocycles. The summed E-state index contributed by atoms with van der Waals surface area (Å²) in [4.78, 5) is 10.7. The lowest BCUT2D eigenvalue weighted by Crippen LogP contribution is -2.09. The van der Waals surface area contributed by atoms with Crippen molar-refractivity contribution in [3.05, 3.63) is 17.0 Å². The number of carboxylic acid groups (broad SMARTS) is 1. The highest BCUT2D eigenvalue weighted by molar-refractivity contribution is 5.87. The van der Waals surface area contributed by atoms with E-state index in [4.69, 9.17) is 5.11 Å². The number of hydrogen-bond donors (Lipinski definition) is 2. The molecule has 13 heavy (non-hydrogen) atoms. The Hall–Kier alpha value is -1.07. The minimum absolute atomic E-state index is 0. The zero-order valence-electron chi connectivity index (χ0n) is 7.07. The maximum atomic E-state index is 10.7. The van der Waals surface area contributed by atoms with Gasteiger partial charge in [-0.2, -0.15) is 5.10 Å². The van der Waals surface area contributed by atoms with Gasteiger partial charge in [0.1, 0.15) is 0 Å². The quantitative estimate of drug-likeness (QED) is 0.682. The van der Waals surface area contributed by atoms with Crippen molar-refractivity contribution in [2.24, 2.45) is 7.05 Å². The van der Waals surface area contributed by atoms with Gasteiger partial charge in [-0.1, -0.05) is 0 Å². The third-order valence-corrected chi connectivity index (χ3v) is 2.07. The monoisotopic (exact) mass is 203 g/mol. The van der Waals surface area contributed by atoms with Crippen molar-refractivity contribution in [3.8, 4) is 0 Å².